The molecule has 1 amide bonds. The van der Waals surface area contributed by atoms with Crippen LogP contribution >= 0.6 is 0 Å². The summed E-state index contributed by atoms with van der Waals surface area (Å²) in [6.45, 7) is 3.85. The number of aromatic nitrogens is 4. The van der Waals surface area contributed by atoms with Gasteiger partial charge < -0.3 is 23.9 Å². The minimum atomic E-state index is -0.672. The van der Waals surface area contributed by atoms with Crippen LogP contribution in [0.15, 0.2) is 41.4 Å². The first-order valence-electron chi connectivity index (χ1n) is 10.4. The summed E-state index contributed by atoms with van der Waals surface area (Å²) >= 11 is 0. The number of amides is 1. The molecular formula is C23H23N5O6. The fourth-order valence-electron chi connectivity index (χ4n) is 3.43. The van der Waals surface area contributed by atoms with Gasteiger partial charge in [0.1, 0.15) is 22.9 Å². The monoisotopic (exact) mass is 465 g/mol. The van der Waals surface area contributed by atoms with Crippen LogP contribution in [0.1, 0.15) is 39.4 Å². The molecule has 0 spiro atoms. The van der Waals surface area contributed by atoms with Crippen molar-refractivity contribution in [3.8, 4) is 22.9 Å². The highest BCUT2D eigenvalue weighted by molar-refractivity contribution is 5.98. The molecular weight excluding hydrogens is 442 g/mol. The van der Waals surface area contributed by atoms with Crippen molar-refractivity contribution >= 4 is 17.4 Å². The summed E-state index contributed by atoms with van der Waals surface area (Å²) in [7, 11) is 3.11. The number of carbonyl (C=O) groups excluding carboxylic acids is 2. The standard InChI is InChI=1S/C23H23N5O6/c1-5-33-23(30)20-19(26-12-34-20)18-16-10-24-13(2)11-28(16)21(27-18)22(29)25-9-14-6-7-15(31-3)8-17(14)32-4/h6-8,10-12H,5,9H2,1-4H3,(H,25,29). The summed E-state index contributed by atoms with van der Waals surface area (Å²) in [5, 5.41) is 2.86. The molecule has 0 radical (unpaired) electrons. The van der Waals surface area contributed by atoms with Crippen molar-refractivity contribution in [2.24, 2.45) is 0 Å². The van der Waals surface area contributed by atoms with Crippen LogP contribution < -0.4 is 14.8 Å². The molecule has 0 aliphatic carbocycles. The SMILES string of the molecule is CCOC(=O)c1ocnc1-c1nc(C(=O)NCc2ccc(OC)cc2OC)n2cc(C)ncc12. The fraction of sp³-hybridized carbons (Fsp3) is 0.261. The third kappa shape index (κ3) is 4.27. The van der Waals surface area contributed by atoms with Gasteiger partial charge in [0.25, 0.3) is 5.91 Å². The van der Waals surface area contributed by atoms with E-state index in [-0.39, 0.29) is 36.1 Å². The second kappa shape index (κ2) is 9.61. The zero-order valence-electron chi connectivity index (χ0n) is 19.1. The van der Waals surface area contributed by atoms with E-state index in [1.165, 1.54) is 0 Å². The second-order valence-corrected chi connectivity index (χ2v) is 7.18. The molecule has 1 N–H and O–H groups in total. The minimum absolute atomic E-state index is 0.0980. The molecule has 11 heteroatoms. The molecule has 0 bridgehead atoms. The van der Waals surface area contributed by atoms with E-state index in [4.69, 9.17) is 18.6 Å². The lowest BCUT2D eigenvalue weighted by Gasteiger charge is -2.11. The molecule has 3 heterocycles. The van der Waals surface area contributed by atoms with E-state index in [2.05, 4.69) is 20.3 Å². The van der Waals surface area contributed by atoms with Gasteiger partial charge in [-0.05, 0) is 26.0 Å². The van der Waals surface area contributed by atoms with E-state index >= 15 is 0 Å². The smallest absolute Gasteiger partial charge is 0.376 e. The third-order valence-electron chi connectivity index (χ3n) is 5.04. The Labute approximate surface area is 194 Å². The molecule has 11 nitrogen and oxygen atoms in total. The van der Waals surface area contributed by atoms with Crippen LogP contribution in [0.4, 0.5) is 0 Å². The normalized spacial score (nSPS) is 10.8. The summed E-state index contributed by atoms with van der Waals surface area (Å²) in [6, 6.07) is 5.33. The topological polar surface area (TPSA) is 130 Å². The summed E-state index contributed by atoms with van der Waals surface area (Å²) in [6.07, 6.45) is 4.37. The minimum Gasteiger partial charge on any atom is -0.497 e. The van der Waals surface area contributed by atoms with Crippen LogP contribution in [0.2, 0.25) is 0 Å². The number of oxazole rings is 1. The average Bonchev–Trinajstić information content (AvgIpc) is 3.47. The van der Waals surface area contributed by atoms with Crippen molar-refractivity contribution in [3.05, 3.63) is 59.8 Å². The summed E-state index contributed by atoms with van der Waals surface area (Å²) in [4.78, 5) is 38.4. The fourth-order valence-corrected chi connectivity index (χ4v) is 3.43. The number of hydrogen-bond donors (Lipinski definition) is 1. The first kappa shape index (κ1) is 22.8. The number of imidazole rings is 1. The summed E-state index contributed by atoms with van der Waals surface area (Å²) in [5.41, 5.74) is 2.36. The van der Waals surface area contributed by atoms with Crippen LogP contribution in [0.3, 0.4) is 0 Å². The van der Waals surface area contributed by atoms with Crippen LogP contribution in [-0.2, 0) is 11.3 Å². The number of hydrogen-bond acceptors (Lipinski definition) is 9. The number of fused-ring (bicyclic) bond motifs is 1. The molecule has 0 atom stereocenters. The van der Waals surface area contributed by atoms with Crippen molar-refractivity contribution in [1.82, 2.24) is 24.7 Å². The Morgan fingerprint density at radius 2 is 1.97 bits per heavy atom. The molecule has 0 aliphatic rings. The van der Waals surface area contributed by atoms with Gasteiger partial charge >= 0.3 is 5.97 Å². The molecule has 0 saturated carbocycles. The molecule has 4 rings (SSSR count). The maximum atomic E-state index is 13.2. The lowest BCUT2D eigenvalue weighted by Crippen LogP contribution is -2.25. The van der Waals surface area contributed by atoms with Crippen LogP contribution in [-0.4, -0.2) is 52.1 Å². The lowest BCUT2D eigenvalue weighted by atomic mass is 10.2. The molecule has 34 heavy (non-hydrogen) atoms. The van der Waals surface area contributed by atoms with Crippen LogP contribution in [0, 0.1) is 6.92 Å². The zero-order valence-corrected chi connectivity index (χ0v) is 19.1. The molecule has 0 aliphatic heterocycles. The Bertz CT molecular complexity index is 1360. The largest absolute Gasteiger partial charge is 0.497 e. The van der Waals surface area contributed by atoms with E-state index < -0.39 is 11.9 Å². The highest BCUT2D eigenvalue weighted by Crippen LogP contribution is 2.28. The number of aryl methyl sites for hydroxylation is 1. The number of methoxy groups -OCH3 is 2. The van der Waals surface area contributed by atoms with Gasteiger partial charge in [-0.15, -0.1) is 0 Å². The number of benzene rings is 1. The van der Waals surface area contributed by atoms with Crippen molar-refractivity contribution in [1.29, 1.82) is 0 Å². The van der Waals surface area contributed by atoms with E-state index in [0.29, 0.717) is 22.7 Å². The van der Waals surface area contributed by atoms with Crippen molar-refractivity contribution in [3.63, 3.8) is 0 Å². The average molecular weight is 465 g/mol. The Hall–Kier alpha value is -4.41. The first-order valence-corrected chi connectivity index (χ1v) is 10.4. The molecule has 4 aromatic rings. The van der Waals surface area contributed by atoms with E-state index in [0.717, 1.165) is 12.0 Å². The van der Waals surface area contributed by atoms with Gasteiger partial charge in [-0.2, -0.15) is 0 Å². The number of nitrogens with zero attached hydrogens (tertiary/aromatic N) is 4. The van der Waals surface area contributed by atoms with Gasteiger partial charge in [0, 0.05) is 24.4 Å². The molecule has 1 aromatic carbocycles. The van der Waals surface area contributed by atoms with Gasteiger partial charge in [0.2, 0.25) is 11.6 Å². The number of rotatable bonds is 8. The maximum Gasteiger partial charge on any atom is 0.376 e. The first-order chi connectivity index (χ1) is 16.5. The Balaban J connectivity index is 1.69. The number of carbonyl (C=O) groups is 2. The maximum absolute atomic E-state index is 13.2. The highest BCUT2D eigenvalue weighted by atomic mass is 16.5. The predicted octanol–water partition coefficient (Wildman–Crippen LogP) is 2.82. The molecule has 0 saturated heterocycles. The van der Waals surface area contributed by atoms with Gasteiger partial charge in [-0.25, -0.2) is 14.8 Å². The second-order valence-electron chi connectivity index (χ2n) is 7.18. The molecule has 3 aromatic heterocycles. The van der Waals surface area contributed by atoms with Gasteiger partial charge in [0.15, 0.2) is 6.39 Å². The van der Waals surface area contributed by atoms with E-state index in [1.54, 1.807) is 57.0 Å². The van der Waals surface area contributed by atoms with Crippen molar-refractivity contribution in [2.45, 2.75) is 20.4 Å². The lowest BCUT2D eigenvalue weighted by molar-refractivity contribution is 0.0491. The Kier molecular flexibility index (Phi) is 6.44. The number of nitrogens with one attached hydrogen (secondary N) is 1. The Morgan fingerprint density at radius 1 is 1.15 bits per heavy atom. The van der Waals surface area contributed by atoms with Crippen molar-refractivity contribution in [2.75, 3.05) is 20.8 Å². The van der Waals surface area contributed by atoms with Gasteiger partial charge in [-0.3, -0.25) is 14.2 Å². The number of esters is 1. The quantitative estimate of drug-likeness (QED) is 0.390. The summed E-state index contributed by atoms with van der Waals surface area (Å²) < 4.78 is 22.5. The Morgan fingerprint density at radius 3 is 2.71 bits per heavy atom. The predicted molar refractivity (Wildman–Crippen MR) is 120 cm³/mol. The molecule has 0 unspecified atom stereocenters. The molecule has 0 fully saturated rings. The zero-order chi connectivity index (χ0) is 24.2. The van der Waals surface area contributed by atoms with E-state index in [1.807, 2.05) is 6.07 Å². The molecule has 176 valence electrons. The summed E-state index contributed by atoms with van der Waals surface area (Å²) in [5.74, 6) is 0.108. The number of ether oxygens (including phenoxy) is 3. The van der Waals surface area contributed by atoms with E-state index in [9.17, 15) is 9.59 Å². The van der Waals surface area contributed by atoms with Crippen LogP contribution in [0.25, 0.3) is 16.9 Å². The highest BCUT2D eigenvalue weighted by Gasteiger charge is 2.26. The van der Waals surface area contributed by atoms with Gasteiger partial charge in [0.05, 0.1) is 38.2 Å². The van der Waals surface area contributed by atoms with Crippen molar-refractivity contribution < 1.29 is 28.2 Å². The van der Waals surface area contributed by atoms with Gasteiger partial charge in [-0.1, -0.05) is 0 Å². The third-order valence-corrected chi connectivity index (χ3v) is 5.04. The van der Waals surface area contributed by atoms with Crippen LogP contribution in [0.5, 0.6) is 11.5 Å².